The lowest BCUT2D eigenvalue weighted by molar-refractivity contribution is -0.122. The summed E-state index contributed by atoms with van der Waals surface area (Å²) in [6.45, 7) is 6.38. The van der Waals surface area contributed by atoms with Crippen LogP contribution in [-0.2, 0) is 9.59 Å². The van der Waals surface area contributed by atoms with Gasteiger partial charge in [-0.05, 0) is 56.3 Å². The van der Waals surface area contributed by atoms with E-state index in [1.54, 1.807) is 12.1 Å². The van der Waals surface area contributed by atoms with E-state index in [9.17, 15) is 9.59 Å². The SMILES string of the molecule is COc1cc(Cl)c(C)cc1NC(=O)CCNC(=O)CC(C)C1CCNCC1.Cl. The van der Waals surface area contributed by atoms with Crippen molar-refractivity contribution in [2.24, 2.45) is 11.8 Å². The van der Waals surface area contributed by atoms with Gasteiger partial charge in [-0.25, -0.2) is 0 Å². The summed E-state index contributed by atoms with van der Waals surface area (Å²) in [4.78, 5) is 24.3. The average Bonchev–Trinajstić information content (AvgIpc) is 2.65. The summed E-state index contributed by atoms with van der Waals surface area (Å²) < 4.78 is 5.25. The number of ether oxygens (including phenoxy) is 1. The van der Waals surface area contributed by atoms with Crippen LogP contribution in [0.5, 0.6) is 5.75 Å². The average molecular weight is 432 g/mol. The number of rotatable bonds is 8. The first kappa shape index (κ1) is 24.5. The van der Waals surface area contributed by atoms with E-state index in [0.717, 1.165) is 31.5 Å². The maximum Gasteiger partial charge on any atom is 0.226 e. The number of amides is 2. The van der Waals surface area contributed by atoms with Gasteiger partial charge in [0, 0.05) is 30.5 Å². The van der Waals surface area contributed by atoms with Crippen LogP contribution in [0.15, 0.2) is 12.1 Å². The molecule has 158 valence electrons. The summed E-state index contributed by atoms with van der Waals surface area (Å²) in [5.74, 6) is 1.30. The van der Waals surface area contributed by atoms with Crippen molar-refractivity contribution >= 4 is 41.5 Å². The molecular weight excluding hydrogens is 401 g/mol. The number of carbonyl (C=O) groups excluding carboxylic acids is 2. The molecule has 2 rings (SSSR count). The Kier molecular flexibility index (Phi) is 10.6. The Hall–Kier alpha value is -1.50. The van der Waals surface area contributed by atoms with Crippen molar-refractivity contribution in [2.75, 3.05) is 32.1 Å². The Morgan fingerprint density at radius 2 is 1.96 bits per heavy atom. The maximum absolute atomic E-state index is 12.2. The van der Waals surface area contributed by atoms with Gasteiger partial charge in [-0.3, -0.25) is 9.59 Å². The van der Waals surface area contributed by atoms with Crippen molar-refractivity contribution in [1.29, 1.82) is 0 Å². The molecule has 1 aromatic rings. The molecule has 0 spiro atoms. The fourth-order valence-corrected chi connectivity index (χ4v) is 3.56. The van der Waals surface area contributed by atoms with Crippen LogP contribution in [0.1, 0.15) is 38.2 Å². The van der Waals surface area contributed by atoms with Gasteiger partial charge in [0.2, 0.25) is 11.8 Å². The molecule has 0 aromatic heterocycles. The largest absolute Gasteiger partial charge is 0.495 e. The summed E-state index contributed by atoms with van der Waals surface area (Å²) in [6, 6.07) is 3.45. The van der Waals surface area contributed by atoms with Crippen LogP contribution in [0.3, 0.4) is 0 Å². The molecule has 1 aromatic carbocycles. The first-order valence-corrected chi connectivity index (χ1v) is 9.90. The molecule has 8 heteroatoms. The van der Waals surface area contributed by atoms with Crippen molar-refractivity contribution < 1.29 is 14.3 Å². The number of anilines is 1. The summed E-state index contributed by atoms with van der Waals surface area (Å²) in [6.07, 6.45) is 2.97. The van der Waals surface area contributed by atoms with E-state index in [1.165, 1.54) is 7.11 Å². The lowest BCUT2D eigenvalue weighted by Gasteiger charge is -2.27. The molecule has 28 heavy (non-hydrogen) atoms. The molecule has 2 amide bonds. The minimum atomic E-state index is -0.179. The smallest absolute Gasteiger partial charge is 0.226 e. The van der Waals surface area contributed by atoms with Gasteiger partial charge in [0.25, 0.3) is 0 Å². The molecule has 3 N–H and O–H groups in total. The molecule has 1 heterocycles. The summed E-state index contributed by atoms with van der Waals surface area (Å²) in [5, 5.41) is 9.59. The number of aryl methyl sites for hydroxylation is 1. The Labute approximate surface area is 178 Å². The van der Waals surface area contributed by atoms with E-state index in [4.69, 9.17) is 16.3 Å². The standard InChI is InChI=1S/C20H30ClN3O3.ClH/c1-13(15-4-7-22-8-5-15)11-20(26)23-9-6-19(25)24-17-10-14(2)16(21)12-18(17)27-3;/h10,12-13,15,22H,4-9,11H2,1-3H3,(H,23,26)(H,24,25);1H. The molecule has 1 fully saturated rings. The maximum atomic E-state index is 12.2. The molecule has 1 atom stereocenters. The Bertz CT molecular complexity index is 664. The fraction of sp³-hybridized carbons (Fsp3) is 0.600. The number of piperidine rings is 1. The first-order valence-electron chi connectivity index (χ1n) is 9.52. The molecule has 0 radical (unpaired) electrons. The Morgan fingerprint density at radius 1 is 1.29 bits per heavy atom. The van der Waals surface area contributed by atoms with E-state index >= 15 is 0 Å². The van der Waals surface area contributed by atoms with Crippen LogP contribution in [0.2, 0.25) is 5.02 Å². The van der Waals surface area contributed by atoms with Crippen molar-refractivity contribution in [3.05, 3.63) is 22.7 Å². The highest BCUT2D eigenvalue weighted by molar-refractivity contribution is 6.31. The quantitative estimate of drug-likeness (QED) is 0.587. The number of hydrogen-bond acceptors (Lipinski definition) is 4. The molecule has 1 aliphatic heterocycles. The van der Waals surface area contributed by atoms with Gasteiger partial charge in [0.05, 0.1) is 12.8 Å². The van der Waals surface area contributed by atoms with Crippen LogP contribution >= 0.6 is 24.0 Å². The lowest BCUT2D eigenvalue weighted by atomic mass is 9.84. The first-order chi connectivity index (χ1) is 12.9. The zero-order valence-electron chi connectivity index (χ0n) is 16.8. The van der Waals surface area contributed by atoms with Crippen molar-refractivity contribution in [3.8, 4) is 5.75 Å². The monoisotopic (exact) mass is 431 g/mol. The summed E-state index contributed by atoms with van der Waals surface area (Å²) in [7, 11) is 1.53. The highest BCUT2D eigenvalue weighted by Crippen LogP contribution is 2.31. The van der Waals surface area contributed by atoms with Gasteiger partial charge in [-0.1, -0.05) is 18.5 Å². The molecule has 0 aliphatic carbocycles. The summed E-state index contributed by atoms with van der Waals surface area (Å²) >= 11 is 6.07. The van der Waals surface area contributed by atoms with Crippen LogP contribution in [0.4, 0.5) is 5.69 Å². The summed E-state index contributed by atoms with van der Waals surface area (Å²) in [5.41, 5.74) is 1.43. The highest BCUT2D eigenvalue weighted by Gasteiger charge is 2.22. The molecule has 1 unspecified atom stereocenters. The van der Waals surface area contributed by atoms with Gasteiger partial charge in [-0.15, -0.1) is 12.4 Å². The zero-order chi connectivity index (χ0) is 19.8. The third-order valence-corrected chi connectivity index (χ3v) is 5.53. The number of benzene rings is 1. The third kappa shape index (κ3) is 7.49. The third-order valence-electron chi connectivity index (χ3n) is 5.12. The van der Waals surface area contributed by atoms with Gasteiger partial charge in [-0.2, -0.15) is 0 Å². The second kappa shape index (κ2) is 12.1. The molecule has 0 bridgehead atoms. The zero-order valence-corrected chi connectivity index (χ0v) is 18.3. The topological polar surface area (TPSA) is 79.5 Å². The van der Waals surface area contributed by atoms with Crippen molar-refractivity contribution in [2.45, 2.75) is 39.5 Å². The number of methoxy groups -OCH3 is 1. The number of nitrogens with one attached hydrogen (secondary N) is 3. The van der Waals surface area contributed by atoms with Crippen LogP contribution in [0.25, 0.3) is 0 Å². The van der Waals surface area contributed by atoms with Gasteiger partial charge >= 0.3 is 0 Å². The Morgan fingerprint density at radius 3 is 2.61 bits per heavy atom. The van der Waals surface area contributed by atoms with Gasteiger partial charge in [0.1, 0.15) is 5.75 Å². The minimum Gasteiger partial charge on any atom is -0.495 e. The van der Waals surface area contributed by atoms with Crippen LogP contribution in [-0.4, -0.2) is 38.6 Å². The van der Waals surface area contributed by atoms with E-state index in [1.807, 2.05) is 6.92 Å². The second-order valence-corrected chi connectivity index (χ2v) is 7.63. The number of carbonyl (C=O) groups is 2. The van der Waals surface area contributed by atoms with Crippen LogP contribution in [0, 0.1) is 18.8 Å². The lowest BCUT2D eigenvalue weighted by Crippen LogP contribution is -2.34. The molecule has 6 nitrogen and oxygen atoms in total. The number of halogens is 2. The van der Waals surface area contributed by atoms with E-state index < -0.39 is 0 Å². The molecule has 0 saturated carbocycles. The molecular formula is C20H31Cl2N3O3. The van der Waals surface area contributed by atoms with Crippen molar-refractivity contribution in [3.63, 3.8) is 0 Å². The van der Waals surface area contributed by atoms with Crippen molar-refractivity contribution in [1.82, 2.24) is 10.6 Å². The van der Waals surface area contributed by atoms with E-state index in [2.05, 4.69) is 22.9 Å². The van der Waals surface area contributed by atoms with Crippen LogP contribution < -0.4 is 20.7 Å². The fourth-order valence-electron chi connectivity index (χ4n) is 3.40. The van der Waals surface area contributed by atoms with E-state index in [0.29, 0.717) is 41.3 Å². The second-order valence-electron chi connectivity index (χ2n) is 7.22. The molecule has 1 saturated heterocycles. The Balaban J connectivity index is 0.00000392. The van der Waals surface area contributed by atoms with Gasteiger partial charge < -0.3 is 20.7 Å². The predicted molar refractivity (Wildman–Crippen MR) is 116 cm³/mol. The number of hydrogen-bond donors (Lipinski definition) is 3. The van der Waals surface area contributed by atoms with Gasteiger partial charge in [0.15, 0.2) is 0 Å². The highest BCUT2D eigenvalue weighted by atomic mass is 35.5. The molecule has 1 aliphatic rings. The normalized spacial score (nSPS) is 15.3. The minimum absolute atomic E-state index is 0. The predicted octanol–water partition coefficient (Wildman–Crippen LogP) is 3.55. The van der Waals surface area contributed by atoms with E-state index in [-0.39, 0.29) is 30.6 Å².